The predicted molar refractivity (Wildman–Crippen MR) is 117 cm³/mol. The van der Waals surface area contributed by atoms with Gasteiger partial charge in [0.1, 0.15) is 0 Å². The summed E-state index contributed by atoms with van der Waals surface area (Å²) in [6.45, 7) is 4.88. The second-order valence-electron chi connectivity index (χ2n) is 8.09. The van der Waals surface area contributed by atoms with Gasteiger partial charge in [0.15, 0.2) is 0 Å². The van der Waals surface area contributed by atoms with Crippen LogP contribution in [0.2, 0.25) is 0 Å². The van der Waals surface area contributed by atoms with Gasteiger partial charge < -0.3 is 16.2 Å². The van der Waals surface area contributed by atoms with E-state index in [1.54, 1.807) is 0 Å². The van der Waals surface area contributed by atoms with Crippen LogP contribution in [0, 0.1) is 0 Å². The Hall–Kier alpha value is -0.120. The van der Waals surface area contributed by atoms with Gasteiger partial charge >= 0.3 is 0 Å². The molecule has 0 aliphatic carbocycles. The van der Waals surface area contributed by atoms with E-state index in [9.17, 15) is 5.11 Å². The number of hydrogen-bond acceptors (Lipinski definition) is 3. The van der Waals surface area contributed by atoms with Crippen LogP contribution < -0.4 is 11.1 Å². The van der Waals surface area contributed by atoms with Gasteiger partial charge in [-0.05, 0) is 32.4 Å². The summed E-state index contributed by atoms with van der Waals surface area (Å²) in [6, 6.07) is 0. The average molecular weight is 371 g/mol. The van der Waals surface area contributed by atoms with Crippen molar-refractivity contribution in [2.75, 3.05) is 19.6 Å². The highest BCUT2D eigenvalue weighted by Gasteiger charge is 2.03. The zero-order valence-corrected chi connectivity index (χ0v) is 18.0. The minimum atomic E-state index is -0.160. The van der Waals surface area contributed by atoms with Gasteiger partial charge in [-0.3, -0.25) is 0 Å². The lowest BCUT2D eigenvalue weighted by molar-refractivity contribution is 0.158. The Kier molecular flexibility index (Phi) is 22.8. The Morgan fingerprint density at radius 1 is 0.654 bits per heavy atom. The second-order valence-corrected chi connectivity index (χ2v) is 8.09. The van der Waals surface area contributed by atoms with Gasteiger partial charge in [0.2, 0.25) is 0 Å². The third-order valence-electron chi connectivity index (χ3n) is 5.33. The molecule has 4 N–H and O–H groups in total. The molecule has 0 radical (unpaired) electrons. The standard InChI is InChI=1S/C23H50N2O/c1-2-3-4-5-6-7-8-9-10-11-12-13-16-19-23(26)22-25-21-18-15-14-17-20-24/h23,25-26H,2-22,24H2,1H3. The monoisotopic (exact) mass is 370 g/mol. The highest BCUT2D eigenvalue weighted by Crippen LogP contribution is 2.13. The molecule has 0 bridgehead atoms. The maximum Gasteiger partial charge on any atom is 0.0664 e. The number of hydrogen-bond donors (Lipinski definition) is 3. The molecule has 0 rings (SSSR count). The minimum absolute atomic E-state index is 0.160. The molecule has 0 heterocycles. The van der Waals surface area contributed by atoms with Gasteiger partial charge in [-0.2, -0.15) is 0 Å². The van der Waals surface area contributed by atoms with Crippen molar-refractivity contribution in [1.29, 1.82) is 0 Å². The van der Waals surface area contributed by atoms with E-state index in [-0.39, 0.29) is 6.10 Å². The van der Waals surface area contributed by atoms with Crippen molar-refractivity contribution in [2.45, 2.75) is 129 Å². The van der Waals surface area contributed by atoms with Crippen molar-refractivity contribution < 1.29 is 5.11 Å². The molecule has 0 aromatic rings. The minimum Gasteiger partial charge on any atom is -0.392 e. The Bertz CT molecular complexity index is 248. The number of aliphatic hydroxyl groups is 1. The quantitative estimate of drug-likeness (QED) is 0.207. The maximum absolute atomic E-state index is 9.99. The van der Waals surface area contributed by atoms with Crippen molar-refractivity contribution in [1.82, 2.24) is 5.32 Å². The number of nitrogens with two attached hydrogens (primary N) is 1. The van der Waals surface area contributed by atoms with E-state index in [4.69, 9.17) is 5.73 Å². The van der Waals surface area contributed by atoms with Crippen LogP contribution in [0.3, 0.4) is 0 Å². The first-order chi connectivity index (χ1) is 12.8. The van der Waals surface area contributed by atoms with Crippen LogP contribution >= 0.6 is 0 Å². The van der Waals surface area contributed by atoms with Gasteiger partial charge in [-0.15, -0.1) is 0 Å². The summed E-state index contributed by atoms with van der Waals surface area (Å²) >= 11 is 0. The van der Waals surface area contributed by atoms with Gasteiger partial charge in [-0.1, -0.05) is 103 Å². The summed E-state index contributed by atoms with van der Waals surface area (Å²) in [7, 11) is 0. The fourth-order valence-corrected chi connectivity index (χ4v) is 3.52. The average Bonchev–Trinajstić information content (AvgIpc) is 2.64. The lowest BCUT2D eigenvalue weighted by atomic mass is 10.0. The first-order valence-electron chi connectivity index (χ1n) is 11.9. The zero-order valence-electron chi connectivity index (χ0n) is 18.0. The molecule has 0 spiro atoms. The van der Waals surface area contributed by atoms with Gasteiger partial charge in [-0.25, -0.2) is 0 Å². The summed E-state index contributed by atoms with van der Waals surface area (Å²) in [5.41, 5.74) is 5.48. The summed E-state index contributed by atoms with van der Waals surface area (Å²) in [6.07, 6.45) is 23.6. The van der Waals surface area contributed by atoms with E-state index in [0.29, 0.717) is 0 Å². The highest BCUT2D eigenvalue weighted by atomic mass is 16.3. The third kappa shape index (κ3) is 21.9. The molecule has 0 amide bonds. The predicted octanol–water partition coefficient (Wildman–Crippen LogP) is 5.94. The Morgan fingerprint density at radius 3 is 1.65 bits per heavy atom. The van der Waals surface area contributed by atoms with E-state index >= 15 is 0 Å². The van der Waals surface area contributed by atoms with E-state index in [0.717, 1.165) is 32.5 Å². The molecule has 3 heteroatoms. The highest BCUT2D eigenvalue weighted by molar-refractivity contribution is 4.60. The van der Waals surface area contributed by atoms with Crippen LogP contribution in [0.5, 0.6) is 0 Å². The van der Waals surface area contributed by atoms with Crippen molar-refractivity contribution in [3.63, 3.8) is 0 Å². The first kappa shape index (κ1) is 25.9. The molecular formula is C23H50N2O. The van der Waals surface area contributed by atoms with Crippen molar-refractivity contribution in [3.05, 3.63) is 0 Å². The van der Waals surface area contributed by atoms with Gasteiger partial charge in [0.25, 0.3) is 0 Å². The molecule has 0 aliphatic heterocycles. The van der Waals surface area contributed by atoms with Crippen LogP contribution in [0.15, 0.2) is 0 Å². The molecule has 158 valence electrons. The van der Waals surface area contributed by atoms with Crippen LogP contribution in [0.1, 0.15) is 122 Å². The fourth-order valence-electron chi connectivity index (χ4n) is 3.52. The number of aliphatic hydroxyl groups excluding tert-OH is 1. The van der Waals surface area contributed by atoms with Crippen molar-refractivity contribution in [2.24, 2.45) is 5.73 Å². The number of unbranched alkanes of at least 4 members (excludes halogenated alkanes) is 15. The molecule has 1 unspecified atom stereocenters. The molecule has 0 aromatic carbocycles. The molecule has 3 nitrogen and oxygen atoms in total. The molecule has 0 aliphatic rings. The third-order valence-corrected chi connectivity index (χ3v) is 5.33. The van der Waals surface area contributed by atoms with Crippen LogP contribution in [-0.2, 0) is 0 Å². The maximum atomic E-state index is 9.99. The summed E-state index contributed by atoms with van der Waals surface area (Å²) in [5.74, 6) is 0. The largest absolute Gasteiger partial charge is 0.392 e. The molecule has 0 aromatic heterocycles. The van der Waals surface area contributed by atoms with E-state index in [1.165, 1.54) is 103 Å². The number of nitrogens with one attached hydrogen (secondary N) is 1. The van der Waals surface area contributed by atoms with Gasteiger partial charge in [0.05, 0.1) is 6.10 Å². The molecule has 0 saturated heterocycles. The topological polar surface area (TPSA) is 58.3 Å². The van der Waals surface area contributed by atoms with E-state index < -0.39 is 0 Å². The zero-order chi connectivity index (χ0) is 19.1. The van der Waals surface area contributed by atoms with Gasteiger partial charge in [0, 0.05) is 6.54 Å². The molecule has 0 saturated carbocycles. The Morgan fingerprint density at radius 2 is 1.12 bits per heavy atom. The molecule has 1 atom stereocenters. The first-order valence-corrected chi connectivity index (χ1v) is 11.9. The van der Waals surface area contributed by atoms with E-state index in [2.05, 4.69) is 12.2 Å². The second kappa shape index (κ2) is 22.9. The summed E-state index contributed by atoms with van der Waals surface area (Å²) < 4.78 is 0. The SMILES string of the molecule is CCCCCCCCCCCCCCCC(O)CNCCCCCCN. The number of rotatable bonds is 22. The molecule has 26 heavy (non-hydrogen) atoms. The van der Waals surface area contributed by atoms with Crippen LogP contribution in [0.25, 0.3) is 0 Å². The summed E-state index contributed by atoms with van der Waals surface area (Å²) in [5, 5.41) is 13.4. The summed E-state index contributed by atoms with van der Waals surface area (Å²) in [4.78, 5) is 0. The van der Waals surface area contributed by atoms with Crippen LogP contribution in [0.4, 0.5) is 0 Å². The normalized spacial score (nSPS) is 12.6. The Balaban J connectivity index is 3.10. The molecule has 0 fully saturated rings. The molecular weight excluding hydrogens is 320 g/mol. The lowest BCUT2D eigenvalue weighted by Crippen LogP contribution is -2.27. The smallest absolute Gasteiger partial charge is 0.0664 e. The van der Waals surface area contributed by atoms with Crippen molar-refractivity contribution in [3.8, 4) is 0 Å². The fraction of sp³-hybridized carbons (Fsp3) is 1.00. The lowest BCUT2D eigenvalue weighted by Gasteiger charge is -2.11. The Labute approximate surface area is 164 Å². The van der Waals surface area contributed by atoms with Crippen molar-refractivity contribution >= 4 is 0 Å². The van der Waals surface area contributed by atoms with E-state index in [1.807, 2.05) is 0 Å². The van der Waals surface area contributed by atoms with Crippen LogP contribution in [-0.4, -0.2) is 30.8 Å².